The number of rotatable bonds is 2. The molecule has 0 saturated heterocycles. The molecule has 0 aromatic heterocycles. The Morgan fingerprint density at radius 3 is 2.27 bits per heavy atom. The average Bonchev–Trinajstić information content (AvgIpc) is 2.08. The van der Waals surface area contributed by atoms with Gasteiger partial charge in [0.2, 0.25) is 0 Å². The Morgan fingerprint density at radius 1 is 1.27 bits per heavy atom. The lowest BCUT2D eigenvalue weighted by molar-refractivity contribution is 0.442. The van der Waals surface area contributed by atoms with Crippen molar-refractivity contribution >= 4 is 15.9 Å². The molecule has 84 valence electrons. The van der Waals surface area contributed by atoms with Crippen LogP contribution in [0.1, 0.15) is 19.4 Å². The highest BCUT2D eigenvalue weighted by atomic mass is 79.9. The highest BCUT2D eigenvalue weighted by Gasteiger charge is 2.22. The molecule has 0 fully saturated rings. The molecule has 0 heterocycles. The Kier molecular flexibility index (Phi) is 3.45. The van der Waals surface area contributed by atoms with Gasteiger partial charge in [0.05, 0.1) is 4.47 Å². The second kappa shape index (κ2) is 4.14. The number of benzene rings is 1. The molecule has 2 N–H and O–H groups in total. The number of halogens is 4. The first-order valence-electron chi connectivity index (χ1n) is 4.33. The predicted molar refractivity (Wildman–Crippen MR) is 56.0 cm³/mol. The van der Waals surface area contributed by atoms with Crippen LogP contribution in [0.5, 0.6) is 0 Å². The van der Waals surface area contributed by atoms with Gasteiger partial charge >= 0.3 is 0 Å². The van der Waals surface area contributed by atoms with E-state index in [-0.39, 0.29) is 16.5 Å². The summed E-state index contributed by atoms with van der Waals surface area (Å²) in [6, 6.07) is 0.762. The van der Waals surface area contributed by atoms with Crippen molar-refractivity contribution in [1.82, 2.24) is 0 Å². The van der Waals surface area contributed by atoms with Crippen molar-refractivity contribution in [2.45, 2.75) is 25.8 Å². The van der Waals surface area contributed by atoms with E-state index in [1.807, 2.05) is 0 Å². The topological polar surface area (TPSA) is 26.0 Å². The van der Waals surface area contributed by atoms with Gasteiger partial charge in [-0.05, 0) is 42.3 Å². The molecular weight excluding hydrogens is 271 g/mol. The van der Waals surface area contributed by atoms with E-state index in [0.717, 1.165) is 6.07 Å². The van der Waals surface area contributed by atoms with Crippen molar-refractivity contribution in [3.05, 3.63) is 33.6 Å². The van der Waals surface area contributed by atoms with Crippen LogP contribution in [0.2, 0.25) is 0 Å². The number of nitrogens with two attached hydrogens (primary N) is 1. The van der Waals surface area contributed by atoms with E-state index in [1.54, 1.807) is 13.8 Å². The first kappa shape index (κ1) is 12.5. The fourth-order valence-electron chi connectivity index (χ4n) is 1.23. The first-order chi connectivity index (χ1) is 6.72. The van der Waals surface area contributed by atoms with Crippen LogP contribution in [0, 0.1) is 17.5 Å². The molecule has 1 nitrogen and oxygen atoms in total. The van der Waals surface area contributed by atoms with Crippen molar-refractivity contribution in [2.24, 2.45) is 5.73 Å². The quantitative estimate of drug-likeness (QED) is 0.828. The zero-order chi connectivity index (χ0) is 11.8. The highest BCUT2D eigenvalue weighted by Crippen LogP contribution is 2.26. The third kappa shape index (κ3) is 2.95. The van der Waals surface area contributed by atoms with Crippen molar-refractivity contribution < 1.29 is 13.2 Å². The highest BCUT2D eigenvalue weighted by molar-refractivity contribution is 9.10. The van der Waals surface area contributed by atoms with Crippen LogP contribution in [0.25, 0.3) is 0 Å². The normalized spacial score (nSPS) is 11.9. The summed E-state index contributed by atoms with van der Waals surface area (Å²) in [4.78, 5) is 0. The molecule has 0 spiro atoms. The molecule has 0 unspecified atom stereocenters. The summed E-state index contributed by atoms with van der Waals surface area (Å²) in [5.41, 5.74) is 4.51. The Morgan fingerprint density at radius 2 is 1.80 bits per heavy atom. The maximum Gasteiger partial charge on any atom is 0.165 e. The van der Waals surface area contributed by atoms with E-state index in [4.69, 9.17) is 5.73 Å². The molecule has 0 radical (unpaired) electrons. The van der Waals surface area contributed by atoms with Crippen LogP contribution < -0.4 is 5.73 Å². The van der Waals surface area contributed by atoms with Crippen LogP contribution in [0.4, 0.5) is 13.2 Å². The molecule has 15 heavy (non-hydrogen) atoms. The Labute approximate surface area is 94.6 Å². The molecule has 1 rings (SSSR count). The van der Waals surface area contributed by atoms with Gasteiger partial charge in [0, 0.05) is 11.1 Å². The zero-order valence-corrected chi connectivity index (χ0v) is 9.96. The van der Waals surface area contributed by atoms with E-state index in [9.17, 15) is 13.2 Å². The summed E-state index contributed by atoms with van der Waals surface area (Å²) in [5, 5.41) is 0. The predicted octanol–water partition coefficient (Wildman–Crippen LogP) is 3.15. The maximum absolute atomic E-state index is 13.5. The van der Waals surface area contributed by atoms with Crippen LogP contribution in [-0.4, -0.2) is 5.54 Å². The van der Waals surface area contributed by atoms with Crippen LogP contribution >= 0.6 is 15.9 Å². The maximum atomic E-state index is 13.5. The molecular formula is C10H11BrF3N. The van der Waals surface area contributed by atoms with Gasteiger partial charge in [-0.1, -0.05) is 0 Å². The smallest absolute Gasteiger partial charge is 0.165 e. The molecule has 0 saturated carbocycles. The van der Waals surface area contributed by atoms with Crippen LogP contribution in [-0.2, 0) is 6.42 Å². The van der Waals surface area contributed by atoms with Gasteiger partial charge in [0.1, 0.15) is 5.82 Å². The molecule has 0 bridgehead atoms. The lowest BCUT2D eigenvalue weighted by Crippen LogP contribution is -2.35. The number of hydrogen-bond donors (Lipinski definition) is 1. The molecule has 5 heteroatoms. The molecule has 0 aliphatic carbocycles. The number of hydrogen-bond acceptors (Lipinski definition) is 1. The van der Waals surface area contributed by atoms with Crippen molar-refractivity contribution in [3.63, 3.8) is 0 Å². The molecule has 1 aromatic rings. The molecule has 1 aromatic carbocycles. The minimum atomic E-state index is -1.17. The van der Waals surface area contributed by atoms with E-state index >= 15 is 0 Å². The fraction of sp³-hybridized carbons (Fsp3) is 0.400. The van der Waals surface area contributed by atoms with Gasteiger partial charge in [0.25, 0.3) is 0 Å². The van der Waals surface area contributed by atoms with E-state index < -0.39 is 23.0 Å². The van der Waals surface area contributed by atoms with Crippen molar-refractivity contribution in [2.75, 3.05) is 0 Å². The third-order valence-electron chi connectivity index (χ3n) is 1.84. The molecule has 0 aliphatic heterocycles. The molecule has 0 atom stereocenters. The Hall–Kier alpha value is -0.550. The first-order valence-corrected chi connectivity index (χ1v) is 5.12. The van der Waals surface area contributed by atoms with Gasteiger partial charge < -0.3 is 5.73 Å². The second-order valence-electron chi connectivity index (χ2n) is 4.11. The van der Waals surface area contributed by atoms with Gasteiger partial charge in [-0.15, -0.1) is 0 Å². The summed E-state index contributed by atoms with van der Waals surface area (Å²) in [5.74, 6) is -3.05. The fourth-order valence-corrected chi connectivity index (χ4v) is 1.67. The minimum Gasteiger partial charge on any atom is -0.325 e. The Balaban J connectivity index is 3.27. The molecule has 0 aliphatic rings. The largest absolute Gasteiger partial charge is 0.325 e. The summed E-state index contributed by atoms with van der Waals surface area (Å²) in [6.07, 6.45) is -0.0684. The third-order valence-corrected chi connectivity index (χ3v) is 2.41. The van der Waals surface area contributed by atoms with Crippen LogP contribution in [0.15, 0.2) is 10.5 Å². The lowest BCUT2D eigenvalue weighted by atomic mass is 9.95. The minimum absolute atomic E-state index is 0.0684. The van der Waals surface area contributed by atoms with E-state index in [2.05, 4.69) is 15.9 Å². The SMILES string of the molecule is CC(C)(N)Cc1c(F)c(F)cc(Br)c1F. The van der Waals surface area contributed by atoms with Crippen LogP contribution in [0.3, 0.4) is 0 Å². The summed E-state index contributed by atoms with van der Waals surface area (Å²) < 4.78 is 39.6. The second-order valence-corrected chi connectivity index (χ2v) is 4.97. The zero-order valence-electron chi connectivity index (χ0n) is 8.37. The summed E-state index contributed by atoms with van der Waals surface area (Å²) in [7, 11) is 0. The van der Waals surface area contributed by atoms with Gasteiger partial charge in [-0.3, -0.25) is 0 Å². The lowest BCUT2D eigenvalue weighted by Gasteiger charge is -2.19. The monoisotopic (exact) mass is 281 g/mol. The van der Waals surface area contributed by atoms with Gasteiger partial charge in [0.15, 0.2) is 11.6 Å². The van der Waals surface area contributed by atoms with Gasteiger partial charge in [-0.25, -0.2) is 13.2 Å². The van der Waals surface area contributed by atoms with Gasteiger partial charge in [-0.2, -0.15) is 0 Å². The summed E-state index contributed by atoms with van der Waals surface area (Å²) in [6.45, 7) is 3.23. The van der Waals surface area contributed by atoms with Crippen molar-refractivity contribution in [3.8, 4) is 0 Å². The summed E-state index contributed by atoms with van der Waals surface area (Å²) >= 11 is 2.82. The van der Waals surface area contributed by atoms with E-state index in [1.165, 1.54) is 0 Å². The van der Waals surface area contributed by atoms with Crippen molar-refractivity contribution in [1.29, 1.82) is 0 Å². The van der Waals surface area contributed by atoms with E-state index in [0.29, 0.717) is 0 Å². The Bertz CT molecular complexity index is 359. The average molecular weight is 282 g/mol. The molecule has 0 amide bonds. The standard InChI is InChI=1S/C10H11BrF3N/c1-10(2,15)4-5-8(13)6(11)3-7(12)9(5)14/h3H,4,15H2,1-2H3.